The molecule has 1 fully saturated rings. The summed E-state index contributed by atoms with van der Waals surface area (Å²) in [6, 6.07) is 10.7. The molecule has 0 saturated carbocycles. The number of amides is 1. The smallest absolute Gasteiger partial charge is 0.220 e. The van der Waals surface area contributed by atoms with Crippen molar-refractivity contribution in [3.8, 4) is 0 Å². The van der Waals surface area contributed by atoms with Crippen LogP contribution in [0.2, 0.25) is 0 Å². The maximum absolute atomic E-state index is 11.3. The Hall–Kier alpha value is -1.31. The predicted molar refractivity (Wildman–Crippen MR) is 60.5 cm³/mol. The molecule has 0 radical (unpaired) electrons. The van der Waals surface area contributed by atoms with Gasteiger partial charge in [0.2, 0.25) is 5.91 Å². The van der Waals surface area contributed by atoms with Crippen molar-refractivity contribution >= 4 is 5.91 Å². The Balaban J connectivity index is 2.03. The van der Waals surface area contributed by atoms with Crippen molar-refractivity contribution in [2.45, 2.75) is 32.2 Å². The van der Waals surface area contributed by atoms with Gasteiger partial charge >= 0.3 is 0 Å². The molecule has 0 spiro atoms. The SMILES string of the molecule is CCC1CC(=O)NC1Cc1ccccc1. The summed E-state index contributed by atoms with van der Waals surface area (Å²) in [6.45, 7) is 2.16. The Morgan fingerprint density at radius 1 is 1.33 bits per heavy atom. The van der Waals surface area contributed by atoms with Crippen molar-refractivity contribution in [3.05, 3.63) is 35.9 Å². The van der Waals surface area contributed by atoms with Gasteiger partial charge in [0.1, 0.15) is 0 Å². The molecule has 2 unspecified atom stereocenters. The lowest BCUT2D eigenvalue weighted by Gasteiger charge is -2.17. The van der Waals surface area contributed by atoms with E-state index in [0.717, 1.165) is 12.8 Å². The number of carbonyl (C=O) groups excluding carboxylic acids is 1. The lowest BCUT2D eigenvalue weighted by molar-refractivity contribution is -0.119. The van der Waals surface area contributed by atoms with Crippen LogP contribution in [0.4, 0.5) is 0 Å². The zero-order valence-electron chi connectivity index (χ0n) is 9.07. The third-order valence-electron chi connectivity index (χ3n) is 3.19. The first-order valence-electron chi connectivity index (χ1n) is 5.63. The number of rotatable bonds is 3. The van der Waals surface area contributed by atoms with Crippen molar-refractivity contribution in [2.24, 2.45) is 5.92 Å². The molecule has 1 aliphatic rings. The van der Waals surface area contributed by atoms with Crippen molar-refractivity contribution < 1.29 is 4.79 Å². The molecule has 2 heteroatoms. The lowest BCUT2D eigenvalue weighted by atomic mass is 9.93. The maximum Gasteiger partial charge on any atom is 0.220 e. The van der Waals surface area contributed by atoms with Gasteiger partial charge in [0.05, 0.1) is 0 Å². The van der Waals surface area contributed by atoms with E-state index in [-0.39, 0.29) is 5.91 Å². The molecule has 0 bridgehead atoms. The Morgan fingerprint density at radius 3 is 2.73 bits per heavy atom. The van der Waals surface area contributed by atoms with E-state index in [1.54, 1.807) is 0 Å². The summed E-state index contributed by atoms with van der Waals surface area (Å²) in [4.78, 5) is 11.3. The van der Waals surface area contributed by atoms with E-state index < -0.39 is 0 Å². The quantitative estimate of drug-likeness (QED) is 0.801. The first-order valence-corrected chi connectivity index (χ1v) is 5.63. The molecule has 2 nitrogen and oxygen atoms in total. The monoisotopic (exact) mass is 203 g/mol. The molecule has 80 valence electrons. The van der Waals surface area contributed by atoms with Gasteiger partial charge < -0.3 is 5.32 Å². The molecule has 1 aliphatic heterocycles. The second kappa shape index (κ2) is 4.47. The average Bonchev–Trinajstić information content (AvgIpc) is 2.60. The van der Waals surface area contributed by atoms with Crippen LogP contribution in [0.1, 0.15) is 25.3 Å². The van der Waals surface area contributed by atoms with Crippen LogP contribution in [0.15, 0.2) is 30.3 Å². The van der Waals surface area contributed by atoms with Gasteiger partial charge in [0, 0.05) is 12.5 Å². The summed E-state index contributed by atoms with van der Waals surface area (Å²) in [6.07, 6.45) is 2.75. The van der Waals surface area contributed by atoms with E-state index >= 15 is 0 Å². The molecule has 15 heavy (non-hydrogen) atoms. The van der Waals surface area contributed by atoms with E-state index in [0.29, 0.717) is 18.4 Å². The Labute approximate surface area is 90.7 Å². The minimum Gasteiger partial charge on any atom is -0.353 e. The fraction of sp³-hybridized carbons (Fsp3) is 0.462. The summed E-state index contributed by atoms with van der Waals surface area (Å²) in [5.41, 5.74) is 1.31. The van der Waals surface area contributed by atoms with Crippen LogP contribution < -0.4 is 5.32 Å². The van der Waals surface area contributed by atoms with Crippen LogP contribution in [0, 0.1) is 5.92 Å². The summed E-state index contributed by atoms with van der Waals surface area (Å²) in [5, 5.41) is 3.06. The topological polar surface area (TPSA) is 29.1 Å². The number of carbonyl (C=O) groups is 1. The molecule has 0 aliphatic carbocycles. The highest BCUT2D eigenvalue weighted by Crippen LogP contribution is 2.22. The molecule has 1 aromatic rings. The third-order valence-corrected chi connectivity index (χ3v) is 3.19. The second-order valence-electron chi connectivity index (χ2n) is 4.24. The molecule has 0 aromatic heterocycles. The van der Waals surface area contributed by atoms with Crippen LogP contribution in [0.3, 0.4) is 0 Å². The number of hydrogen-bond donors (Lipinski definition) is 1. The fourth-order valence-corrected chi connectivity index (χ4v) is 2.28. The van der Waals surface area contributed by atoms with Crippen molar-refractivity contribution in [2.75, 3.05) is 0 Å². The highest BCUT2D eigenvalue weighted by Gasteiger charge is 2.30. The fourth-order valence-electron chi connectivity index (χ4n) is 2.28. The Bertz CT molecular complexity index is 334. The first-order chi connectivity index (χ1) is 7.29. The minimum absolute atomic E-state index is 0.211. The van der Waals surface area contributed by atoms with Crippen LogP contribution in [-0.2, 0) is 11.2 Å². The lowest BCUT2D eigenvalue weighted by Crippen LogP contribution is -2.30. The molecule has 2 rings (SSSR count). The molecular formula is C13H17NO. The predicted octanol–water partition coefficient (Wildman–Crippen LogP) is 2.14. The summed E-state index contributed by atoms with van der Waals surface area (Å²) < 4.78 is 0. The van der Waals surface area contributed by atoms with Crippen molar-refractivity contribution in [3.63, 3.8) is 0 Å². The minimum atomic E-state index is 0.211. The van der Waals surface area contributed by atoms with Crippen LogP contribution in [0.5, 0.6) is 0 Å². The third kappa shape index (κ3) is 2.38. The highest BCUT2D eigenvalue weighted by molar-refractivity contribution is 5.79. The van der Waals surface area contributed by atoms with Crippen LogP contribution in [-0.4, -0.2) is 11.9 Å². The molecule has 1 heterocycles. The number of nitrogens with one attached hydrogen (secondary N) is 1. The van der Waals surface area contributed by atoms with Gasteiger partial charge in [-0.2, -0.15) is 0 Å². The first kappa shape index (κ1) is 10.2. The molecule has 1 aromatic carbocycles. The maximum atomic E-state index is 11.3. The van der Waals surface area contributed by atoms with Crippen LogP contribution in [0.25, 0.3) is 0 Å². The molecule has 1 N–H and O–H groups in total. The number of benzene rings is 1. The number of hydrogen-bond acceptors (Lipinski definition) is 1. The van der Waals surface area contributed by atoms with Gasteiger partial charge in [-0.05, 0) is 17.9 Å². The summed E-state index contributed by atoms with van der Waals surface area (Å²) in [7, 11) is 0. The Kier molecular flexibility index (Phi) is 3.05. The van der Waals surface area contributed by atoms with E-state index in [1.165, 1.54) is 5.56 Å². The standard InChI is InChI=1S/C13H17NO/c1-2-11-9-13(15)14-12(11)8-10-6-4-3-5-7-10/h3-7,11-12H,2,8-9H2,1H3,(H,14,15). The normalized spacial score (nSPS) is 25.3. The molecule has 1 amide bonds. The van der Waals surface area contributed by atoms with Gasteiger partial charge in [0.25, 0.3) is 0 Å². The van der Waals surface area contributed by atoms with E-state index in [9.17, 15) is 4.79 Å². The van der Waals surface area contributed by atoms with Gasteiger partial charge in [-0.3, -0.25) is 4.79 Å². The van der Waals surface area contributed by atoms with Crippen molar-refractivity contribution in [1.82, 2.24) is 5.32 Å². The second-order valence-corrected chi connectivity index (χ2v) is 4.24. The highest BCUT2D eigenvalue weighted by atomic mass is 16.1. The molecular weight excluding hydrogens is 186 g/mol. The largest absolute Gasteiger partial charge is 0.353 e. The summed E-state index contributed by atoms with van der Waals surface area (Å²) in [5.74, 6) is 0.723. The average molecular weight is 203 g/mol. The zero-order chi connectivity index (χ0) is 10.7. The van der Waals surface area contributed by atoms with E-state index in [4.69, 9.17) is 0 Å². The van der Waals surface area contributed by atoms with Gasteiger partial charge in [-0.15, -0.1) is 0 Å². The van der Waals surface area contributed by atoms with E-state index in [1.807, 2.05) is 18.2 Å². The van der Waals surface area contributed by atoms with Gasteiger partial charge in [-0.1, -0.05) is 43.7 Å². The summed E-state index contributed by atoms with van der Waals surface area (Å²) >= 11 is 0. The van der Waals surface area contributed by atoms with Crippen LogP contribution >= 0.6 is 0 Å². The Morgan fingerprint density at radius 2 is 2.07 bits per heavy atom. The molecule has 1 saturated heterocycles. The zero-order valence-corrected chi connectivity index (χ0v) is 9.07. The molecule has 2 atom stereocenters. The van der Waals surface area contributed by atoms with Crippen molar-refractivity contribution in [1.29, 1.82) is 0 Å². The van der Waals surface area contributed by atoms with Gasteiger partial charge in [0.15, 0.2) is 0 Å². The van der Waals surface area contributed by atoms with E-state index in [2.05, 4.69) is 24.4 Å². The van der Waals surface area contributed by atoms with Gasteiger partial charge in [-0.25, -0.2) is 0 Å².